The quantitative estimate of drug-likeness (QED) is 0.776. The van der Waals surface area contributed by atoms with Crippen molar-refractivity contribution in [1.82, 2.24) is 4.90 Å². The number of nitrogens with zero attached hydrogens (tertiary/aromatic N) is 1. The van der Waals surface area contributed by atoms with E-state index in [0.717, 1.165) is 22.8 Å². The minimum Gasteiger partial charge on any atom is -0.486 e. The number of aryl methyl sites for hydroxylation is 1. The smallest absolute Gasteiger partial charge is 0.374 e. The van der Waals surface area contributed by atoms with Crippen molar-refractivity contribution in [2.75, 3.05) is 27.3 Å². The van der Waals surface area contributed by atoms with Crippen molar-refractivity contribution in [3.63, 3.8) is 0 Å². The number of likely N-dealkylation sites (N-methyl/N-ethyl adjacent to an activating group) is 1. The standard InChI is InChI=1S/C19H23NO5/c1-12-9-17(25-18(12)19(21)22-4)13(2)20(3)10-14-11-23-15-7-5-6-8-16(15)24-14/h5-9,13-14H,10-11H2,1-4H3. The SMILES string of the molecule is COC(=O)c1oc(C(C)N(C)CC2COc3ccccc3O2)cc1C. The highest BCUT2D eigenvalue weighted by Crippen LogP contribution is 2.32. The molecule has 1 aliphatic rings. The van der Waals surface area contributed by atoms with Gasteiger partial charge in [-0.25, -0.2) is 4.79 Å². The van der Waals surface area contributed by atoms with Crippen LogP contribution < -0.4 is 9.47 Å². The lowest BCUT2D eigenvalue weighted by Gasteiger charge is -2.31. The number of hydrogen-bond donors (Lipinski definition) is 0. The molecule has 2 atom stereocenters. The zero-order chi connectivity index (χ0) is 18.0. The molecule has 1 aromatic heterocycles. The summed E-state index contributed by atoms with van der Waals surface area (Å²) < 4.78 is 22.2. The van der Waals surface area contributed by atoms with Crippen molar-refractivity contribution in [2.24, 2.45) is 0 Å². The predicted octanol–water partition coefficient (Wildman–Crippen LogP) is 3.21. The number of carbonyl (C=O) groups excluding carboxylic acids is 1. The molecule has 2 aromatic rings. The fourth-order valence-electron chi connectivity index (χ4n) is 2.86. The van der Waals surface area contributed by atoms with Gasteiger partial charge in [0, 0.05) is 12.1 Å². The molecule has 6 nitrogen and oxygen atoms in total. The molecule has 2 unspecified atom stereocenters. The predicted molar refractivity (Wildman–Crippen MR) is 92.2 cm³/mol. The first kappa shape index (κ1) is 17.4. The van der Waals surface area contributed by atoms with E-state index in [1.54, 1.807) is 0 Å². The molecule has 25 heavy (non-hydrogen) atoms. The molecule has 1 aliphatic heterocycles. The van der Waals surface area contributed by atoms with Crippen molar-refractivity contribution in [3.05, 3.63) is 47.4 Å². The van der Waals surface area contributed by atoms with Crippen LogP contribution >= 0.6 is 0 Å². The van der Waals surface area contributed by atoms with E-state index >= 15 is 0 Å². The van der Waals surface area contributed by atoms with Gasteiger partial charge >= 0.3 is 5.97 Å². The fraction of sp³-hybridized carbons (Fsp3) is 0.421. The maximum absolute atomic E-state index is 11.7. The van der Waals surface area contributed by atoms with Crippen LogP contribution in [0.2, 0.25) is 0 Å². The van der Waals surface area contributed by atoms with Crippen molar-refractivity contribution in [1.29, 1.82) is 0 Å². The third kappa shape index (κ3) is 3.64. The van der Waals surface area contributed by atoms with Crippen LogP contribution in [0.3, 0.4) is 0 Å². The van der Waals surface area contributed by atoms with Crippen molar-refractivity contribution < 1.29 is 23.4 Å². The van der Waals surface area contributed by atoms with Gasteiger partial charge in [-0.2, -0.15) is 0 Å². The van der Waals surface area contributed by atoms with Crippen LogP contribution in [0.15, 0.2) is 34.7 Å². The second-order valence-corrected chi connectivity index (χ2v) is 6.27. The summed E-state index contributed by atoms with van der Waals surface area (Å²) in [6.45, 7) is 5.03. The van der Waals surface area contributed by atoms with Gasteiger partial charge in [0.1, 0.15) is 18.5 Å². The minimum absolute atomic E-state index is 0.0159. The molecule has 0 fully saturated rings. The van der Waals surface area contributed by atoms with Crippen LogP contribution in [-0.2, 0) is 4.74 Å². The van der Waals surface area contributed by atoms with Gasteiger partial charge in [0.05, 0.1) is 13.2 Å². The molecule has 0 bridgehead atoms. The highest BCUT2D eigenvalue weighted by molar-refractivity contribution is 5.87. The number of benzene rings is 1. The first-order valence-electron chi connectivity index (χ1n) is 8.27. The molecule has 6 heteroatoms. The van der Waals surface area contributed by atoms with E-state index in [1.165, 1.54) is 7.11 Å². The summed E-state index contributed by atoms with van der Waals surface area (Å²) in [5.74, 6) is 2.06. The molecule has 2 heterocycles. The molecule has 134 valence electrons. The summed E-state index contributed by atoms with van der Waals surface area (Å²) in [5, 5.41) is 0. The first-order chi connectivity index (χ1) is 12.0. The van der Waals surface area contributed by atoms with E-state index in [-0.39, 0.29) is 17.9 Å². The van der Waals surface area contributed by atoms with Gasteiger partial charge in [-0.05, 0) is 39.1 Å². The Kier molecular flexibility index (Phi) is 4.99. The lowest BCUT2D eigenvalue weighted by molar-refractivity contribution is 0.0508. The van der Waals surface area contributed by atoms with Crippen molar-refractivity contribution >= 4 is 5.97 Å². The van der Waals surface area contributed by atoms with E-state index in [4.69, 9.17) is 18.6 Å². The average Bonchev–Trinajstić information content (AvgIpc) is 3.02. The Morgan fingerprint density at radius 3 is 2.80 bits per heavy atom. The summed E-state index contributed by atoms with van der Waals surface area (Å²) in [7, 11) is 3.34. The number of esters is 1. The molecule has 0 aliphatic carbocycles. The number of fused-ring (bicyclic) bond motifs is 1. The number of hydrogen-bond acceptors (Lipinski definition) is 6. The lowest BCUT2D eigenvalue weighted by Crippen LogP contribution is -2.40. The lowest BCUT2D eigenvalue weighted by atomic mass is 10.2. The minimum atomic E-state index is -0.459. The fourth-order valence-corrected chi connectivity index (χ4v) is 2.86. The maximum atomic E-state index is 11.7. The number of para-hydroxylation sites is 2. The van der Waals surface area contributed by atoms with E-state index in [9.17, 15) is 4.79 Å². The summed E-state index contributed by atoms with van der Waals surface area (Å²) in [6.07, 6.45) is -0.0708. The van der Waals surface area contributed by atoms with E-state index in [1.807, 2.05) is 51.2 Å². The van der Waals surface area contributed by atoms with Crippen molar-refractivity contribution in [3.8, 4) is 11.5 Å². The molecule has 3 rings (SSSR count). The Balaban J connectivity index is 1.65. The highest BCUT2D eigenvalue weighted by atomic mass is 16.6. The van der Waals surface area contributed by atoms with Gasteiger partial charge in [-0.1, -0.05) is 12.1 Å². The van der Waals surface area contributed by atoms with Crippen LogP contribution in [0.25, 0.3) is 0 Å². The monoisotopic (exact) mass is 345 g/mol. The topological polar surface area (TPSA) is 61.1 Å². The maximum Gasteiger partial charge on any atom is 0.374 e. The van der Waals surface area contributed by atoms with Crippen molar-refractivity contribution in [2.45, 2.75) is 26.0 Å². The number of carbonyl (C=O) groups is 1. The second kappa shape index (κ2) is 7.19. The molecule has 0 saturated heterocycles. The summed E-state index contributed by atoms with van der Waals surface area (Å²) in [4.78, 5) is 13.8. The van der Waals surface area contributed by atoms with Gasteiger partial charge in [-0.3, -0.25) is 4.90 Å². The molecular formula is C19H23NO5. The van der Waals surface area contributed by atoms with E-state index < -0.39 is 5.97 Å². The van der Waals surface area contributed by atoms with Crippen LogP contribution in [-0.4, -0.2) is 44.3 Å². The number of ether oxygens (including phenoxy) is 3. The van der Waals surface area contributed by atoms with Gasteiger partial charge < -0.3 is 18.6 Å². The van der Waals surface area contributed by atoms with Gasteiger partial charge in [0.25, 0.3) is 0 Å². The molecule has 1 aromatic carbocycles. The summed E-state index contributed by atoms with van der Waals surface area (Å²) in [6, 6.07) is 9.52. The Labute approximate surface area is 147 Å². The Morgan fingerprint density at radius 1 is 1.36 bits per heavy atom. The third-order valence-corrected chi connectivity index (χ3v) is 4.44. The van der Waals surface area contributed by atoms with Crippen LogP contribution in [0, 0.1) is 6.92 Å². The summed E-state index contributed by atoms with van der Waals surface area (Å²) >= 11 is 0. The largest absolute Gasteiger partial charge is 0.486 e. The molecular weight excluding hydrogens is 322 g/mol. The molecule has 0 amide bonds. The molecule has 0 radical (unpaired) electrons. The number of rotatable bonds is 5. The zero-order valence-corrected chi connectivity index (χ0v) is 14.9. The van der Waals surface area contributed by atoms with E-state index in [2.05, 4.69) is 4.90 Å². The van der Waals surface area contributed by atoms with Crippen LogP contribution in [0.4, 0.5) is 0 Å². The van der Waals surface area contributed by atoms with Gasteiger partial charge in [-0.15, -0.1) is 0 Å². The Morgan fingerprint density at radius 2 is 2.08 bits per heavy atom. The number of methoxy groups -OCH3 is 1. The normalized spacial score (nSPS) is 17.4. The van der Waals surface area contributed by atoms with Gasteiger partial charge in [0.15, 0.2) is 11.5 Å². The van der Waals surface area contributed by atoms with Gasteiger partial charge in [0.2, 0.25) is 5.76 Å². The van der Waals surface area contributed by atoms with E-state index in [0.29, 0.717) is 13.2 Å². The molecule has 0 saturated carbocycles. The Hall–Kier alpha value is -2.47. The molecule has 0 N–H and O–H groups in total. The zero-order valence-electron chi connectivity index (χ0n) is 14.9. The number of furan rings is 1. The average molecular weight is 345 g/mol. The highest BCUT2D eigenvalue weighted by Gasteiger charge is 2.26. The summed E-state index contributed by atoms with van der Waals surface area (Å²) in [5.41, 5.74) is 0.772. The third-order valence-electron chi connectivity index (χ3n) is 4.44. The molecule has 0 spiro atoms. The second-order valence-electron chi connectivity index (χ2n) is 6.27. The van der Waals surface area contributed by atoms with Crippen LogP contribution in [0.5, 0.6) is 11.5 Å². The Bertz CT molecular complexity index is 754. The first-order valence-corrected chi connectivity index (χ1v) is 8.27. The van der Waals surface area contributed by atoms with Crippen LogP contribution in [0.1, 0.15) is 34.8 Å².